The van der Waals surface area contributed by atoms with Crippen molar-refractivity contribution in [1.82, 2.24) is 5.32 Å². The molecular weight excluding hydrogens is 374 g/mol. The zero-order valence-corrected chi connectivity index (χ0v) is 22.3. The van der Waals surface area contributed by atoms with E-state index < -0.39 is 0 Å². The lowest BCUT2D eigenvalue weighted by Gasteiger charge is -2.23. The molecule has 1 nitrogen and oxygen atoms in total. The average molecular weight is 434 g/mol. The monoisotopic (exact) mass is 433 g/mol. The molecule has 0 spiro atoms. The summed E-state index contributed by atoms with van der Waals surface area (Å²) in [6.45, 7) is 20.1. The Bertz CT molecular complexity index is 420. The highest BCUT2D eigenvalue weighted by Crippen LogP contribution is 2.29. The minimum absolute atomic E-state index is 0.425. The molecule has 0 unspecified atom stereocenters. The normalized spacial score (nSPS) is 11.7. The molecule has 1 heteroatoms. The molecule has 0 fully saturated rings. The van der Waals surface area contributed by atoms with Crippen LogP contribution in [0.1, 0.15) is 150 Å². The van der Waals surface area contributed by atoms with Gasteiger partial charge in [0.1, 0.15) is 0 Å². The van der Waals surface area contributed by atoms with Crippen LogP contribution in [0.25, 0.3) is 0 Å². The second-order valence-electron chi connectivity index (χ2n) is 10.8. The van der Waals surface area contributed by atoms with E-state index in [1.165, 1.54) is 127 Å². The molecule has 0 aromatic rings. The Morgan fingerprint density at radius 2 is 1.06 bits per heavy atom. The van der Waals surface area contributed by atoms with Gasteiger partial charge in [-0.05, 0) is 63.5 Å². The summed E-state index contributed by atoms with van der Waals surface area (Å²) in [5, 5.41) is 3.61. The second kappa shape index (κ2) is 21.3. The van der Waals surface area contributed by atoms with Crippen molar-refractivity contribution in [1.29, 1.82) is 0 Å². The number of rotatable bonds is 24. The van der Waals surface area contributed by atoms with Gasteiger partial charge in [-0.1, -0.05) is 129 Å². The van der Waals surface area contributed by atoms with E-state index >= 15 is 0 Å². The minimum atomic E-state index is 0.425. The molecule has 0 rings (SSSR count). The lowest BCUT2D eigenvalue weighted by atomic mass is 9.82. The zero-order valence-electron chi connectivity index (χ0n) is 22.3. The van der Waals surface area contributed by atoms with Crippen molar-refractivity contribution in [3.05, 3.63) is 24.3 Å². The van der Waals surface area contributed by atoms with E-state index in [0.29, 0.717) is 5.41 Å². The second-order valence-corrected chi connectivity index (χ2v) is 10.8. The molecule has 0 aromatic heterocycles. The lowest BCUT2D eigenvalue weighted by molar-refractivity contribution is 0.343. The third kappa shape index (κ3) is 22.4. The van der Waals surface area contributed by atoms with Crippen LogP contribution < -0.4 is 5.32 Å². The van der Waals surface area contributed by atoms with Gasteiger partial charge in [0.2, 0.25) is 0 Å². The fourth-order valence-electron chi connectivity index (χ4n) is 4.25. The highest BCUT2D eigenvalue weighted by atomic mass is 14.8. The molecule has 184 valence electrons. The minimum Gasteiger partial charge on any atom is -0.316 e. The van der Waals surface area contributed by atoms with Gasteiger partial charge >= 0.3 is 0 Å². The Labute approximate surface area is 197 Å². The molecule has 0 aliphatic heterocycles. The first-order chi connectivity index (χ1) is 14.9. The van der Waals surface area contributed by atoms with Crippen molar-refractivity contribution >= 4 is 0 Å². The Morgan fingerprint density at radius 1 is 0.581 bits per heavy atom. The van der Waals surface area contributed by atoms with Gasteiger partial charge in [0.05, 0.1) is 0 Å². The maximum atomic E-state index is 4.29. The molecule has 0 heterocycles. The van der Waals surface area contributed by atoms with Crippen LogP contribution in [0.5, 0.6) is 0 Å². The molecular formula is C30H59N. The maximum absolute atomic E-state index is 4.29. The average Bonchev–Trinajstić information content (AvgIpc) is 2.73. The number of nitrogens with one attached hydrogen (secondary N) is 1. The van der Waals surface area contributed by atoms with E-state index in [0.717, 1.165) is 19.5 Å². The summed E-state index contributed by atoms with van der Waals surface area (Å²) in [4.78, 5) is 0. The highest BCUT2D eigenvalue weighted by molar-refractivity contribution is 4.98. The van der Waals surface area contributed by atoms with Gasteiger partial charge in [-0.25, -0.2) is 0 Å². The van der Waals surface area contributed by atoms with E-state index in [-0.39, 0.29) is 0 Å². The molecule has 31 heavy (non-hydrogen) atoms. The molecule has 0 bridgehead atoms. The van der Waals surface area contributed by atoms with Gasteiger partial charge in [0, 0.05) is 0 Å². The van der Waals surface area contributed by atoms with E-state index in [1.807, 2.05) is 0 Å². The molecule has 0 amide bonds. The zero-order chi connectivity index (χ0) is 23.2. The predicted octanol–water partition coefficient (Wildman–Crippen LogP) is 10.2. The number of unbranched alkanes of at least 4 members (excludes halogenated alkanes) is 12. The molecule has 0 radical (unpaired) electrons. The summed E-state index contributed by atoms with van der Waals surface area (Å²) < 4.78 is 0. The van der Waals surface area contributed by atoms with Crippen molar-refractivity contribution in [3.8, 4) is 0 Å². The van der Waals surface area contributed by atoms with Crippen LogP contribution in [-0.4, -0.2) is 13.1 Å². The largest absolute Gasteiger partial charge is 0.316 e. The molecule has 0 aromatic carbocycles. The molecule has 0 saturated carbocycles. The van der Waals surface area contributed by atoms with Gasteiger partial charge in [-0.15, -0.1) is 0 Å². The third-order valence-corrected chi connectivity index (χ3v) is 6.86. The van der Waals surface area contributed by atoms with Gasteiger partial charge < -0.3 is 5.32 Å². The van der Waals surface area contributed by atoms with Crippen LogP contribution in [0.15, 0.2) is 24.3 Å². The number of allylic oxidation sites excluding steroid dienone is 1. The molecule has 1 N–H and O–H groups in total. The van der Waals surface area contributed by atoms with Crippen LogP contribution in [0.3, 0.4) is 0 Å². The van der Waals surface area contributed by atoms with Crippen molar-refractivity contribution in [2.24, 2.45) is 5.41 Å². The first-order valence-corrected chi connectivity index (χ1v) is 13.9. The summed E-state index contributed by atoms with van der Waals surface area (Å²) in [5.74, 6) is 0. The van der Waals surface area contributed by atoms with Crippen LogP contribution >= 0.6 is 0 Å². The number of hydrogen-bond acceptors (Lipinski definition) is 1. The third-order valence-electron chi connectivity index (χ3n) is 6.86. The summed E-state index contributed by atoms with van der Waals surface area (Å²) in [5.41, 5.74) is 3.31. The van der Waals surface area contributed by atoms with Crippen LogP contribution in [-0.2, 0) is 0 Å². The fourth-order valence-corrected chi connectivity index (χ4v) is 4.25. The number of hydrogen-bond donors (Lipinski definition) is 1. The van der Waals surface area contributed by atoms with E-state index in [9.17, 15) is 0 Å². The van der Waals surface area contributed by atoms with E-state index in [1.54, 1.807) is 0 Å². The van der Waals surface area contributed by atoms with Crippen molar-refractivity contribution < 1.29 is 0 Å². The Balaban J connectivity index is 3.32. The first kappa shape index (κ1) is 30.4. The lowest BCUT2D eigenvalue weighted by Crippen LogP contribution is -2.17. The quantitative estimate of drug-likeness (QED) is 0.118. The summed E-state index contributed by atoms with van der Waals surface area (Å²) in [6, 6.07) is 0. The van der Waals surface area contributed by atoms with E-state index in [4.69, 9.17) is 0 Å². The van der Waals surface area contributed by atoms with Crippen molar-refractivity contribution in [2.45, 2.75) is 150 Å². The molecule has 0 saturated heterocycles. The smallest absolute Gasteiger partial charge is 0.00117 e. The summed E-state index contributed by atoms with van der Waals surface area (Å²) in [7, 11) is 0. The van der Waals surface area contributed by atoms with Gasteiger partial charge in [-0.2, -0.15) is 0 Å². The van der Waals surface area contributed by atoms with Crippen molar-refractivity contribution in [3.63, 3.8) is 0 Å². The Hall–Kier alpha value is -0.560. The SMILES string of the molecule is C=C(CCCCCCCCCCCCC)CCNCCCCCC(=C)CC(C)(C)CC. The molecule has 0 aliphatic rings. The van der Waals surface area contributed by atoms with Gasteiger partial charge in [0.15, 0.2) is 0 Å². The van der Waals surface area contributed by atoms with Gasteiger partial charge in [-0.3, -0.25) is 0 Å². The van der Waals surface area contributed by atoms with E-state index in [2.05, 4.69) is 46.2 Å². The predicted molar refractivity (Wildman–Crippen MR) is 144 cm³/mol. The fraction of sp³-hybridized carbons (Fsp3) is 0.867. The Kier molecular flexibility index (Phi) is 20.9. The first-order valence-electron chi connectivity index (χ1n) is 13.9. The van der Waals surface area contributed by atoms with Crippen molar-refractivity contribution in [2.75, 3.05) is 13.1 Å². The standard InChI is InChI=1S/C30H59N/c1-7-9-10-11-12-13-14-15-16-17-19-22-28(3)24-26-31-25-21-18-20-23-29(4)27-30(5,6)8-2/h31H,3-4,7-27H2,1-2,5-6H3. The maximum Gasteiger partial charge on any atom is -0.00117 e. The Morgan fingerprint density at radius 3 is 1.61 bits per heavy atom. The topological polar surface area (TPSA) is 12.0 Å². The van der Waals surface area contributed by atoms with Gasteiger partial charge in [0.25, 0.3) is 0 Å². The summed E-state index contributed by atoms with van der Waals surface area (Å²) >= 11 is 0. The van der Waals surface area contributed by atoms with Crippen LogP contribution in [0.2, 0.25) is 0 Å². The van der Waals surface area contributed by atoms with Crippen LogP contribution in [0, 0.1) is 5.41 Å². The van der Waals surface area contributed by atoms with Crippen LogP contribution in [0.4, 0.5) is 0 Å². The summed E-state index contributed by atoms with van der Waals surface area (Å²) in [6.07, 6.45) is 25.5. The molecule has 0 aliphatic carbocycles. The highest BCUT2D eigenvalue weighted by Gasteiger charge is 2.15. The molecule has 0 atom stereocenters.